The van der Waals surface area contributed by atoms with Crippen molar-refractivity contribution < 1.29 is 0 Å². The number of nitrogens with zero attached hydrogens (tertiary/aromatic N) is 13. The minimum Gasteiger partial charge on any atom is -0.270 e. The number of imidazole rings is 2. The Morgan fingerprint density at radius 2 is 1.61 bits per heavy atom. The van der Waals surface area contributed by atoms with E-state index in [-0.39, 0.29) is 0 Å². The van der Waals surface area contributed by atoms with Crippen LogP contribution in [0.4, 0.5) is 0 Å². The first-order chi connectivity index (χ1) is 22.6. The van der Waals surface area contributed by atoms with Crippen molar-refractivity contribution in [1.29, 1.82) is 0 Å². The van der Waals surface area contributed by atoms with E-state index in [9.17, 15) is 0 Å². The molecule has 0 saturated carbocycles. The third kappa shape index (κ3) is 5.23. The van der Waals surface area contributed by atoms with Gasteiger partial charge >= 0.3 is 0 Å². The van der Waals surface area contributed by atoms with Crippen LogP contribution < -0.4 is 0 Å². The quantitative estimate of drug-likeness (QED) is 0.147. The Labute approximate surface area is 274 Å². The summed E-state index contributed by atoms with van der Waals surface area (Å²) >= 11 is 9.38. The highest BCUT2D eigenvalue weighted by Gasteiger charge is 2.20. The lowest BCUT2D eigenvalue weighted by molar-refractivity contribution is 0.682. The fraction of sp³-hybridized carbons (Fsp3) is 0.0667. The van der Waals surface area contributed by atoms with Crippen molar-refractivity contribution in [2.24, 2.45) is 7.05 Å². The van der Waals surface area contributed by atoms with Gasteiger partial charge in [0, 0.05) is 37.0 Å². The first-order valence-corrected chi connectivity index (χ1v) is 16.0. The molecular weight excluding hydrogens is 642 g/mol. The number of benzene rings is 2. The second-order valence-corrected chi connectivity index (χ2v) is 12.2. The molecule has 0 aliphatic heterocycles. The summed E-state index contributed by atoms with van der Waals surface area (Å²) in [4.78, 5) is 31.7. The Hall–Kier alpha value is -5.25. The van der Waals surface area contributed by atoms with Crippen molar-refractivity contribution in [3.05, 3.63) is 102 Å². The van der Waals surface area contributed by atoms with E-state index in [0.717, 1.165) is 44.0 Å². The first kappa shape index (κ1) is 28.2. The van der Waals surface area contributed by atoms with Gasteiger partial charge in [0.15, 0.2) is 21.3 Å². The number of fused-ring (bicyclic) bond motifs is 2. The van der Waals surface area contributed by atoms with Crippen LogP contribution in [0, 0.1) is 0 Å². The van der Waals surface area contributed by atoms with Gasteiger partial charge in [0.25, 0.3) is 5.95 Å². The van der Waals surface area contributed by atoms with Crippen molar-refractivity contribution in [3.63, 3.8) is 0 Å². The molecule has 0 saturated heterocycles. The molecule has 0 bridgehead atoms. The van der Waals surface area contributed by atoms with Crippen molar-refractivity contribution in [1.82, 2.24) is 64.2 Å². The summed E-state index contributed by atoms with van der Waals surface area (Å²) in [5, 5.41) is 14.5. The molecule has 16 heteroatoms. The van der Waals surface area contributed by atoms with Gasteiger partial charge in [-0.05, 0) is 64.2 Å². The Morgan fingerprint density at radius 1 is 0.783 bits per heavy atom. The van der Waals surface area contributed by atoms with Crippen molar-refractivity contribution in [2.45, 2.75) is 21.2 Å². The molecule has 8 aromatic rings. The van der Waals surface area contributed by atoms with Crippen LogP contribution in [-0.2, 0) is 12.8 Å². The maximum Gasteiger partial charge on any atom is 0.256 e. The van der Waals surface area contributed by atoms with Crippen LogP contribution in [0.15, 0.2) is 107 Å². The van der Waals surface area contributed by atoms with E-state index in [0.29, 0.717) is 32.9 Å². The Balaban J connectivity index is 1.08. The molecule has 0 radical (unpaired) electrons. The number of aryl methyl sites for hydroxylation is 1. The zero-order chi connectivity index (χ0) is 31.0. The van der Waals surface area contributed by atoms with Crippen LogP contribution >= 0.6 is 35.1 Å². The van der Waals surface area contributed by atoms with E-state index < -0.39 is 0 Å². The molecule has 0 unspecified atom stereocenters. The van der Waals surface area contributed by atoms with E-state index in [1.807, 2.05) is 63.9 Å². The van der Waals surface area contributed by atoms with Crippen LogP contribution in [0.5, 0.6) is 0 Å². The van der Waals surface area contributed by atoms with E-state index in [1.165, 1.54) is 18.1 Å². The third-order valence-electron chi connectivity index (χ3n) is 7.04. The molecule has 0 N–H and O–H groups in total. The number of hydrogen-bond donors (Lipinski definition) is 0. The fourth-order valence-electron chi connectivity index (χ4n) is 4.93. The summed E-state index contributed by atoms with van der Waals surface area (Å²) in [5.74, 6) is 1.72. The fourth-order valence-corrected chi connectivity index (χ4v) is 6.85. The van der Waals surface area contributed by atoms with Gasteiger partial charge in [-0.3, -0.25) is 14.1 Å². The topological polar surface area (TPSA) is 144 Å². The third-order valence-corrected chi connectivity index (χ3v) is 9.13. The lowest BCUT2D eigenvalue weighted by atomic mass is 10.1. The molecule has 46 heavy (non-hydrogen) atoms. The average Bonchev–Trinajstić information content (AvgIpc) is 3.78. The van der Waals surface area contributed by atoms with E-state index in [1.54, 1.807) is 48.1 Å². The number of pyridine rings is 1. The van der Waals surface area contributed by atoms with Crippen molar-refractivity contribution in [2.75, 3.05) is 0 Å². The monoisotopic (exact) mass is 661 g/mol. The summed E-state index contributed by atoms with van der Waals surface area (Å²) in [5.41, 5.74) is 6.25. The van der Waals surface area contributed by atoms with Gasteiger partial charge in [0.2, 0.25) is 0 Å². The highest BCUT2D eigenvalue weighted by Crippen LogP contribution is 2.34. The molecular formula is C30H20ClN13S2. The molecule has 0 amide bonds. The highest BCUT2D eigenvalue weighted by molar-refractivity contribution is 7.99. The number of tetrazole rings is 1. The van der Waals surface area contributed by atoms with Crippen LogP contribution in [0.25, 0.3) is 45.0 Å². The van der Waals surface area contributed by atoms with E-state index in [4.69, 9.17) is 26.6 Å². The van der Waals surface area contributed by atoms with Gasteiger partial charge in [-0.25, -0.2) is 34.6 Å². The molecule has 13 nitrogen and oxygen atoms in total. The zero-order valence-electron chi connectivity index (χ0n) is 23.9. The van der Waals surface area contributed by atoms with Crippen LogP contribution in [0.2, 0.25) is 5.02 Å². The maximum atomic E-state index is 6.48. The number of halogens is 1. The predicted octanol–water partition coefficient (Wildman–Crippen LogP) is 5.63. The Morgan fingerprint density at radius 3 is 2.41 bits per heavy atom. The largest absolute Gasteiger partial charge is 0.270 e. The van der Waals surface area contributed by atoms with Crippen molar-refractivity contribution >= 4 is 57.2 Å². The molecule has 0 fully saturated rings. The van der Waals surface area contributed by atoms with Gasteiger partial charge in [-0.2, -0.15) is 0 Å². The second-order valence-electron chi connectivity index (χ2n) is 9.91. The standard InChI is InChI=1S/C30H20ClN13S2/c1-42-28(39-40-41-42)44-25-10-8-18(13-23(25)38-30(44)46-27-33-11-4-12-34-27)19-7-9-20(35-14-19)16-45-29-37-22-5-2-3-6-24(22)43(29)26-21(31)15-32-17-36-26/h2-15,17H,16H2,1H3. The van der Waals surface area contributed by atoms with Gasteiger partial charge < -0.3 is 0 Å². The Kier molecular flexibility index (Phi) is 7.32. The molecule has 224 valence electrons. The molecule has 0 aliphatic rings. The highest BCUT2D eigenvalue weighted by atomic mass is 35.5. The van der Waals surface area contributed by atoms with Crippen LogP contribution in [0.3, 0.4) is 0 Å². The second kappa shape index (κ2) is 11.9. The normalized spacial score (nSPS) is 11.5. The zero-order valence-corrected chi connectivity index (χ0v) is 26.3. The van der Waals surface area contributed by atoms with E-state index >= 15 is 0 Å². The first-order valence-electron chi connectivity index (χ1n) is 13.8. The lowest BCUT2D eigenvalue weighted by Crippen LogP contribution is -2.05. The minimum atomic E-state index is 0.448. The van der Waals surface area contributed by atoms with E-state index in [2.05, 4.69) is 41.5 Å². The average molecular weight is 662 g/mol. The molecule has 6 aromatic heterocycles. The number of para-hydroxylation sites is 2. The lowest BCUT2D eigenvalue weighted by Gasteiger charge is -2.09. The van der Waals surface area contributed by atoms with Gasteiger partial charge in [0.1, 0.15) is 11.3 Å². The molecule has 6 heterocycles. The molecule has 8 rings (SSSR count). The molecule has 0 aliphatic carbocycles. The number of rotatable bonds is 8. The Bertz CT molecular complexity index is 2340. The maximum absolute atomic E-state index is 6.48. The summed E-state index contributed by atoms with van der Waals surface area (Å²) in [7, 11) is 1.79. The molecule has 0 spiro atoms. The van der Waals surface area contributed by atoms with Gasteiger partial charge in [-0.15, -0.1) is 0 Å². The van der Waals surface area contributed by atoms with Gasteiger partial charge in [-0.1, -0.05) is 52.7 Å². The van der Waals surface area contributed by atoms with Crippen LogP contribution in [0.1, 0.15) is 5.69 Å². The summed E-state index contributed by atoms with van der Waals surface area (Å²) < 4.78 is 5.46. The number of thioether (sulfide) groups is 1. The summed E-state index contributed by atoms with van der Waals surface area (Å²) in [6.45, 7) is 0. The number of hydrogen-bond acceptors (Lipinski definition) is 12. The summed E-state index contributed by atoms with van der Waals surface area (Å²) in [6.07, 6.45) is 8.34. The predicted molar refractivity (Wildman–Crippen MR) is 174 cm³/mol. The summed E-state index contributed by atoms with van der Waals surface area (Å²) in [6, 6.07) is 19.8. The minimum absolute atomic E-state index is 0.448. The SMILES string of the molecule is Cn1nnnc1-n1c(Sc2ncccn2)nc2cc(-c3ccc(CSc4nc5ccccc5n4-c4ncncc4Cl)nc3)ccc21. The molecule has 2 aromatic carbocycles. The smallest absolute Gasteiger partial charge is 0.256 e. The molecule has 0 atom stereocenters. The number of aromatic nitrogens is 13. The van der Waals surface area contributed by atoms with Gasteiger partial charge in [0.05, 0.1) is 34.0 Å². The van der Waals surface area contributed by atoms with Crippen molar-refractivity contribution in [3.8, 4) is 22.9 Å². The van der Waals surface area contributed by atoms with Crippen LogP contribution in [-0.4, -0.2) is 64.2 Å².